The topological polar surface area (TPSA) is 26.3 Å². The zero-order chi connectivity index (χ0) is 13.1. The number of ether oxygens (including phenoxy) is 1. The second-order valence-corrected chi connectivity index (χ2v) is 5.24. The molecule has 0 amide bonds. The summed E-state index contributed by atoms with van der Waals surface area (Å²) in [5, 5.41) is 0.913. The van der Waals surface area contributed by atoms with E-state index in [0.717, 1.165) is 10.8 Å². The van der Waals surface area contributed by atoms with Crippen molar-refractivity contribution >= 4 is 45.4 Å². The van der Waals surface area contributed by atoms with Crippen molar-refractivity contribution < 1.29 is 9.53 Å². The average Bonchev–Trinajstić information content (AvgIpc) is 2.33. The molecule has 0 spiro atoms. The van der Waals surface area contributed by atoms with Crippen molar-refractivity contribution in [2.45, 2.75) is 0 Å². The van der Waals surface area contributed by atoms with Gasteiger partial charge in [0.25, 0.3) is 0 Å². The number of hydrogen-bond donors (Lipinski definition) is 0. The van der Waals surface area contributed by atoms with Gasteiger partial charge < -0.3 is 4.74 Å². The highest BCUT2D eigenvalue weighted by molar-refractivity contribution is 9.10. The molecule has 2 aromatic carbocycles. The lowest BCUT2D eigenvalue weighted by Crippen LogP contribution is -1.91. The quantitative estimate of drug-likeness (QED) is 0.700. The van der Waals surface area contributed by atoms with Gasteiger partial charge in [-0.15, -0.1) is 0 Å². The van der Waals surface area contributed by atoms with Crippen LogP contribution in [0.3, 0.4) is 0 Å². The normalized spacial score (nSPS) is 10.2. The van der Waals surface area contributed by atoms with E-state index in [9.17, 15) is 4.79 Å². The third-order valence-electron chi connectivity index (χ3n) is 2.22. The van der Waals surface area contributed by atoms with Crippen molar-refractivity contribution in [3.63, 3.8) is 0 Å². The highest BCUT2D eigenvalue weighted by Crippen LogP contribution is 2.33. The van der Waals surface area contributed by atoms with Crippen molar-refractivity contribution in [1.29, 1.82) is 0 Å². The van der Waals surface area contributed by atoms with E-state index in [1.54, 1.807) is 36.4 Å². The first-order chi connectivity index (χ1) is 8.60. The molecule has 0 saturated heterocycles. The minimum atomic E-state index is 0.388. The van der Waals surface area contributed by atoms with E-state index in [1.807, 2.05) is 0 Å². The van der Waals surface area contributed by atoms with Crippen molar-refractivity contribution in [3.05, 3.63) is 56.5 Å². The maximum atomic E-state index is 10.9. The Labute approximate surface area is 123 Å². The highest BCUT2D eigenvalue weighted by Gasteiger charge is 2.08. The van der Waals surface area contributed by atoms with Crippen LogP contribution < -0.4 is 4.74 Å². The zero-order valence-corrected chi connectivity index (χ0v) is 12.1. The second-order valence-electron chi connectivity index (χ2n) is 3.48. The Morgan fingerprint density at radius 1 is 1.06 bits per heavy atom. The van der Waals surface area contributed by atoms with E-state index in [1.165, 1.54) is 0 Å². The molecule has 0 aliphatic rings. The molecule has 0 unspecified atom stereocenters. The summed E-state index contributed by atoms with van der Waals surface area (Å²) in [5.74, 6) is 0.880. The van der Waals surface area contributed by atoms with Gasteiger partial charge in [0.05, 0.1) is 10.6 Å². The molecule has 0 aromatic heterocycles. The van der Waals surface area contributed by atoms with Gasteiger partial charge in [0.15, 0.2) is 6.29 Å². The summed E-state index contributed by atoms with van der Waals surface area (Å²) in [6, 6.07) is 10.0. The first-order valence-electron chi connectivity index (χ1n) is 4.98. The fourth-order valence-corrected chi connectivity index (χ4v) is 2.16. The van der Waals surface area contributed by atoms with Crippen LogP contribution in [-0.2, 0) is 0 Å². The predicted octanol–water partition coefficient (Wildman–Crippen LogP) is 5.36. The van der Waals surface area contributed by atoms with Crippen LogP contribution in [0.4, 0.5) is 0 Å². The zero-order valence-electron chi connectivity index (χ0n) is 8.99. The highest BCUT2D eigenvalue weighted by atomic mass is 79.9. The Hall–Kier alpha value is -1.03. The SMILES string of the molecule is O=Cc1ccc(Br)cc1Oc1ccc(Cl)cc1Cl. The van der Waals surface area contributed by atoms with E-state index in [2.05, 4.69) is 15.9 Å². The molecule has 0 aliphatic heterocycles. The third-order valence-corrected chi connectivity index (χ3v) is 3.24. The summed E-state index contributed by atoms with van der Waals surface area (Å²) in [6.45, 7) is 0. The maximum absolute atomic E-state index is 10.9. The van der Waals surface area contributed by atoms with Gasteiger partial charge in [-0.3, -0.25) is 4.79 Å². The van der Waals surface area contributed by atoms with E-state index in [4.69, 9.17) is 27.9 Å². The largest absolute Gasteiger partial charge is 0.455 e. The Kier molecular flexibility index (Phi) is 4.27. The summed E-state index contributed by atoms with van der Waals surface area (Å²) in [5.41, 5.74) is 0.448. The summed E-state index contributed by atoms with van der Waals surface area (Å²) in [4.78, 5) is 10.9. The van der Waals surface area contributed by atoms with Crippen LogP contribution in [0.1, 0.15) is 10.4 Å². The molecule has 2 rings (SSSR count). The maximum Gasteiger partial charge on any atom is 0.153 e. The van der Waals surface area contributed by atoms with Crippen LogP contribution >= 0.6 is 39.1 Å². The van der Waals surface area contributed by atoms with E-state index >= 15 is 0 Å². The van der Waals surface area contributed by atoms with Gasteiger partial charge in [0.1, 0.15) is 11.5 Å². The number of aldehydes is 1. The van der Waals surface area contributed by atoms with E-state index in [0.29, 0.717) is 27.1 Å². The number of hydrogen-bond acceptors (Lipinski definition) is 2. The molecule has 0 aliphatic carbocycles. The fraction of sp³-hybridized carbons (Fsp3) is 0. The molecule has 0 N–H and O–H groups in total. The monoisotopic (exact) mass is 344 g/mol. The molecule has 0 saturated carbocycles. The summed E-state index contributed by atoms with van der Waals surface area (Å²) >= 11 is 15.1. The van der Waals surface area contributed by atoms with Gasteiger partial charge in [0, 0.05) is 9.50 Å². The standard InChI is InChI=1S/C13H7BrCl2O2/c14-9-2-1-8(7-17)13(5-9)18-12-4-3-10(15)6-11(12)16/h1-7H. The first-order valence-corrected chi connectivity index (χ1v) is 6.52. The molecule has 18 heavy (non-hydrogen) atoms. The minimum Gasteiger partial charge on any atom is -0.455 e. The number of carbonyl (C=O) groups is 1. The predicted molar refractivity (Wildman–Crippen MR) is 76.1 cm³/mol. The van der Waals surface area contributed by atoms with Crippen LogP contribution in [-0.4, -0.2) is 6.29 Å². The van der Waals surface area contributed by atoms with Gasteiger partial charge in [0.2, 0.25) is 0 Å². The van der Waals surface area contributed by atoms with Crippen LogP contribution in [0.15, 0.2) is 40.9 Å². The van der Waals surface area contributed by atoms with E-state index in [-0.39, 0.29) is 0 Å². The number of carbonyl (C=O) groups excluding carboxylic acids is 1. The second kappa shape index (κ2) is 5.74. The molecular weight excluding hydrogens is 339 g/mol. The molecule has 0 radical (unpaired) electrons. The Bertz CT molecular complexity index is 600. The molecule has 92 valence electrons. The van der Waals surface area contributed by atoms with Gasteiger partial charge >= 0.3 is 0 Å². The molecule has 0 atom stereocenters. The summed E-state index contributed by atoms with van der Waals surface area (Å²) < 4.78 is 6.43. The Balaban J connectivity index is 2.39. The lowest BCUT2D eigenvalue weighted by molar-refractivity contribution is 0.112. The lowest BCUT2D eigenvalue weighted by atomic mass is 10.2. The smallest absolute Gasteiger partial charge is 0.153 e. The molecule has 0 bridgehead atoms. The van der Waals surface area contributed by atoms with Crippen LogP contribution in [0.2, 0.25) is 10.0 Å². The molecular formula is C13H7BrCl2O2. The molecule has 0 fully saturated rings. The van der Waals surface area contributed by atoms with Crippen LogP contribution in [0.5, 0.6) is 11.5 Å². The Morgan fingerprint density at radius 2 is 1.83 bits per heavy atom. The average molecular weight is 346 g/mol. The fourth-order valence-electron chi connectivity index (χ4n) is 1.37. The summed E-state index contributed by atoms with van der Waals surface area (Å²) in [7, 11) is 0. The number of benzene rings is 2. The molecule has 0 heterocycles. The van der Waals surface area contributed by atoms with Gasteiger partial charge in [-0.1, -0.05) is 39.1 Å². The van der Waals surface area contributed by atoms with E-state index < -0.39 is 0 Å². The summed E-state index contributed by atoms with van der Waals surface area (Å²) in [6.07, 6.45) is 0.728. The van der Waals surface area contributed by atoms with Crippen molar-refractivity contribution in [2.24, 2.45) is 0 Å². The molecule has 2 aromatic rings. The van der Waals surface area contributed by atoms with Crippen LogP contribution in [0, 0.1) is 0 Å². The lowest BCUT2D eigenvalue weighted by Gasteiger charge is -2.10. The first kappa shape index (κ1) is 13.4. The van der Waals surface area contributed by atoms with Crippen LogP contribution in [0.25, 0.3) is 0 Å². The van der Waals surface area contributed by atoms with Crippen molar-refractivity contribution in [1.82, 2.24) is 0 Å². The minimum absolute atomic E-state index is 0.388. The van der Waals surface area contributed by atoms with Crippen molar-refractivity contribution in [2.75, 3.05) is 0 Å². The molecule has 2 nitrogen and oxygen atoms in total. The number of rotatable bonds is 3. The Morgan fingerprint density at radius 3 is 2.50 bits per heavy atom. The van der Waals surface area contributed by atoms with Gasteiger partial charge in [-0.2, -0.15) is 0 Å². The number of halogens is 3. The van der Waals surface area contributed by atoms with Gasteiger partial charge in [-0.05, 0) is 36.4 Å². The van der Waals surface area contributed by atoms with Gasteiger partial charge in [-0.25, -0.2) is 0 Å². The molecule has 5 heteroatoms. The third kappa shape index (κ3) is 3.05. The van der Waals surface area contributed by atoms with Crippen molar-refractivity contribution in [3.8, 4) is 11.5 Å².